The number of hydrogen-bond donors (Lipinski definition) is 0. The molecule has 0 aliphatic heterocycles. The summed E-state index contributed by atoms with van der Waals surface area (Å²) >= 11 is 0. The van der Waals surface area contributed by atoms with Gasteiger partial charge in [-0.05, 0) is 29.8 Å². The molecule has 2 aromatic carbocycles. The van der Waals surface area contributed by atoms with Crippen molar-refractivity contribution in [1.29, 1.82) is 0 Å². The van der Waals surface area contributed by atoms with Crippen LogP contribution in [-0.4, -0.2) is 17.9 Å². The van der Waals surface area contributed by atoms with Gasteiger partial charge < -0.3 is 4.74 Å². The summed E-state index contributed by atoms with van der Waals surface area (Å²) in [7, 11) is 1.60. The fraction of sp³-hybridized carbons (Fsp3) is 0.111. The highest BCUT2D eigenvalue weighted by atomic mass is 16.5. The van der Waals surface area contributed by atoms with Gasteiger partial charge in [0.05, 0.1) is 12.6 Å². The van der Waals surface area contributed by atoms with Gasteiger partial charge in [0.25, 0.3) is 0 Å². The second-order valence-electron chi connectivity index (χ2n) is 4.82. The van der Waals surface area contributed by atoms with Gasteiger partial charge in [-0.25, -0.2) is 0 Å². The summed E-state index contributed by atoms with van der Waals surface area (Å²) in [6.45, 7) is 0. The van der Waals surface area contributed by atoms with Gasteiger partial charge in [-0.1, -0.05) is 30.3 Å². The van der Waals surface area contributed by atoms with Gasteiger partial charge in [0.15, 0.2) is 5.78 Å². The molecule has 0 amide bonds. The average Bonchev–Trinajstić information content (AvgIpc) is 2.55. The van der Waals surface area contributed by atoms with Crippen LogP contribution in [0.4, 0.5) is 0 Å². The molecule has 0 bridgehead atoms. The Morgan fingerprint density at radius 3 is 2.81 bits per heavy atom. The van der Waals surface area contributed by atoms with Gasteiger partial charge in [0.1, 0.15) is 5.75 Å². The number of hydrogen-bond acceptors (Lipinski definition) is 3. The molecule has 0 saturated carbocycles. The highest BCUT2D eigenvalue weighted by Crippen LogP contribution is 2.19. The van der Waals surface area contributed by atoms with Crippen molar-refractivity contribution in [1.82, 2.24) is 4.98 Å². The number of carbonyl (C=O) groups is 1. The number of benzene rings is 2. The first-order valence-electron chi connectivity index (χ1n) is 6.78. The first-order chi connectivity index (χ1) is 10.3. The Hall–Kier alpha value is -2.68. The molecule has 0 radical (unpaired) electrons. The zero-order valence-corrected chi connectivity index (χ0v) is 11.7. The molecular formula is C18H15NO2. The third-order valence-electron chi connectivity index (χ3n) is 3.48. The first kappa shape index (κ1) is 13.3. The number of ether oxygens (including phenoxy) is 1. The third kappa shape index (κ3) is 2.77. The molecule has 0 N–H and O–H groups in total. The molecule has 0 saturated heterocycles. The molecule has 0 aliphatic carbocycles. The molecule has 104 valence electrons. The summed E-state index contributed by atoms with van der Waals surface area (Å²) < 4.78 is 5.16. The number of rotatable bonds is 4. The van der Waals surface area contributed by atoms with Gasteiger partial charge in [-0.3, -0.25) is 9.78 Å². The molecule has 0 unspecified atom stereocenters. The minimum absolute atomic E-state index is 0.0743. The molecule has 0 fully saturated rings. The predicted octanol–water partition coefficient (Wildman–Crippen LogP) is 3.67. The van der Waals surface area contributed by atoms with E-state index in [-0.39, 0.29) is 5.78 Å². The van der Waals surface area contributed by atoms with Crippen LogP contribution in [0.3, 0.4) is 0 Å². The maximum Gasteiger partial charge on any atom is 0.167 e. The van der Waals surface area contributed by atoms with Crippen LogP contribution >= 0.6 is 0 Å². The van der Waals surface area contributed by atoms with Crippen molar-refractivity contribution in [3.05, 3.63) is 71.9 Å². The number of fused-ring (bicyclic) bond motifs is 1. The fourth-order valence-electron chi connectivity index (χ4n) is 2.38. The monoisotopic (exact) mass is 277 g/mol. The number of para-hydroxylation sites is 1. The van der Waals surface area contributed by atoms with E-state index in [4.69, 9.17) is 4.74 Å². The standard InChI is InChI=1S/C18H15NO2/c1-21-15-6-4-5-14(11-15)18(20)12-13-9-10-19-17-8-3-2-7-16(13)17/h2-11H,12H2,1H3. The van der Waals surface area contributed by atoms with Crippen molar-refractivity contribution in [2.24, 2.45) is 0 Å². The molecule has 1 aromatic heterocycles. The van der Waals surface area contributed by atoms with E-state index in [9.17, 15) is 4.79 Å². The lowest BCUT2D eigenvalue weighted by Gasteiger charge is -2.06. The van der Waals surface area contributed by atoms with Crippen molar-refractivity contribution >= 4 is 16.7 Å². The van der Waals surface area contributed by atoms with E-state index in [1.54, 1.807) is 19.4 Å². The molecule has 0 spiro atoms. The molecule has 3 aromatic rings. The smallest absolute Gasteiger partial charge is 0.167 e. The zero-order chi connectivity index (χ0) is 14.7. The van der Waals surface area contributed by atoms with E-state index >= 15 is 0 Å². The van der Waals surface area contributed by atoms with Crippen LogP contribution in [0.25, 0.3) is 10.9 Å². The molecular weight excluding hydrogens is 262 g/mol. The Labute approximate surface area is 123 Å². The van der Waals surface area contributed by atoms with E-state index in [0.717, 1.165) is 16.5 Å². The average molecular weight is 277 g/mol. The Morgan fingerprint density at radius 1 is 1.10 bits per heavy atom. The summed E-state index contributed by atoms with van der Waals surface area (Å²) in [5, 5.41) is 1.02. The largest absolute Gasteiger partial charge is 0.497 e. The van der Waals surface area contributed by atoms with Gasteiger partial charge in [-0.2, -0.15) is 0 Å². The highest BCUT2D eigenvalue weighted by Gasteiger charge is 2.10. The summed E-state index contributed by atoms with van der Waals surface area (Å²) in [5.74, 6) is 0.769. The number of Topliss-reactive ketones (excluding diaryl/α,β-unsaturated/α-hetero) is 1. The van der Waals surface area contributed by atoms with Crippen LogP contribution in [0.2, 0.25) is 0 Å². The second-order valence-corrected chi connectivity index (χ2v) is 4.82. The van der Waals surface area contributed by atoms with Gasteiger partial charge >= 0.3 is 0 Å². The van der Waals surface area contributed by atoms with Crippen molar-refractivity contribution in [3.63, 3.8) is 0 Å². The normalized spacial score (nSPS) is 10.5. The summed E-state index contributed by atoms with van der Waals surface area (Å²) in [5.41, 5.74) is 2.57. The lowest BCUT2D eigenvalue weighted by Crippen LogP contribution is -2.04. The van der Waals surface area contributed by atoms with Crippen LogP contribution in [0.15, 0.2) is 60.8 Å². The van der Waals surface area contributed by atoms with E-state index in [1.807, 2.05) is 48.5 Å². The molecule has 1 heterocycles. The Bertz CT molecular complexity index is 791. The SMILES string of the molecule is COc1cccc(C(=O)Cc2ccnc3ccccc23)c1. The number of methoxy groups -OCH3 is 1. The summed E-state index contributed by atoms with van der Waals surface area (Å²) in [4.78, 5) is 16.8. The van der Waals surface area contributed by atoms with E-state index in [0.29, 0.717) is 17.7 Å². The quantitative estimate of drug-likeness (QED) is 0.683. The number of carbonyl (C=O) groups excluding carboxylic acids is 1. The zero-order valence-electron chi connectivity index (χ0n) is 11.7. The van der Waals surface area contributed by atoms with Crippen LogP contribution in [0.5, 0.6) is 5.75 Å². The Morgan fingerprint density at radius 2 is 1.95 bits per heavy atom. The molecule has 0 atom stereocenters. The van der Waals surface area contributed by atoms with Crippen LogP contribution < -0.4 is 4.74 Å². The van der Waals surface area contributed by atoms with E-state index < -0.39 is 0 Å². The second kappa shape index (κ2) is 5.75. The van der Waals surface area contributed by atoms with E-state index in [1.165, 1.54) is 0 Å². The number of pyridine rings is 1. The van der Waals surface area contributed by atoms with E-state index in [2.05, 4.69) is 4.98 Å². The maximum absolute atomic E-state index is 12.4. The molecule has 0 aliphatic rings. The summed E-state index contributed by atoms with van der Waals surface area (Å²) in [6.07, 6.45) is 2.10. The Kier molecular flexibility index (Phi) is 3.65. The van der Waals surface area contributed by atoms with Crippen molar-refractivity contribution in [2.45, 2.75) is 6.42 Å². The number of aromatic nitrogens is 1. The highest BCUT2D eigenvalue weighted by molar-refractivity contribution is 6.00. The predicted molar refractivity (Wildman–Crippen MR) is 82.8 cm³/mol. The van der Waals surface area contributed by atoms with Gasteiger partial charge in [-0.15, -0.1) is 0 Å². The molecule has 3 nitrogen and oxygen atoms in total. The lowest BCUT2D eigenvalue weighted by atomic mass is 10.00. The molecule has 3 rings (SSSR count). The van der Waals surface area contributed by atoms with Crippen LogP contribution in [-0.2, 0) is 6.42 Å². The number of ketones is 1. The molecule has 21 heavy (non-hydrogen) atoms. The first-order valence-corrected chi connectivity index (χ1v) is 6.78. The van der Waals surface area contributed by atoms with Crippen molar-refractivity contribution in [3.8, 4) is 5.75 Å². The van der Waals surface area contributed by atoms with Crippen LogP contribution in [0.1, 0.15) is 15.9 Å². The lowest BCUT2D eigenvalue weighted by molar-refractivity contribution is 0.0993. The fourth-order valence-corrected chi connectivity index (χ4v) is 2.38. The minimum Gasteiger partial charge on any atom is -0.497 e. The summed E-state index contributed by atoms with van der Waals surface area (Å²) in [6, 6.07) is 17.0. The van der Waals surface area contributed by atoms with Gasteiger partial charge in [0, 0.05) is 23.6 Å². The molecule has 3 heteroatoms. The number of nitrogens with zero attached hydrogens (tertiary/aromatic N) is 1. The Balaban J connectivity index is 1.93. The maximum atomic E-state index is 12.4. The minimum atomic E-state index is 0.0743. The van der Waals surface area contributed by atoms with Gasteiger partial charge in [0.2, 0.25) is 0 Å². The topological polar surface area (TPSA) is 39.2 Å². The van der Waals surface area contributed by atoms with Crippen molar-refractivity contribution in [2.75, 3.05) is 7.11 Å². The third-order valence-corrected chi connectivity index (χ3v) is 3.48. The van der Waals surface area contributed by atoms with Crippen LogP contribution in [0, 0.1) is 0 Å². The van der Waals surface area contributed by atoms with Crippen molar-refractivity contribution < 1.29 is 9.53 Å².